The molecule has 0 bridgehead atoms. The van der Waals surface area contributed by atoms with E-state index in [1.165, 1.54) is 12.1 Å². The number of rotatable bonds is 3. The second-order valence-corrected chi connectivity index (χ2v) is 5.07. The molecule has 1 aromatic carbocycles. The zero-order chi connectivity index (χ0) is 13.1. The van der Waals surface area contributed by atoms with Crippen molar-refractivity contribution < 1.29 is 13.6 Å². The number of hydrogen-bond donors (Lipinski definition) is 0. The molecule has 0 aromatic heterocycles. The van der Waals surface area contributed by atoms with Gasteiger partial charge in [-0.15, -0.1) is 0 Å². The van der Waals surface area contributed by atoms with Crippen LogP contribution in [0.25, 0.3) is 0 Å². The number of alkyl halides is 1. The number of benzene rings is 1. The average molecular weight is 318 g/mol. The SMILES string of the molecule is O=C(Cc1cccc(F)c1F)N1CCCC1CBr. The van der Waals surface area contributed by atoms with E-state index >= 15 is 0 Å². The number of hydrogen-bond acceptors (Lipinski definition) is 1. The van der Waals surface area contributed by atoms with Crippen LogP contribution in [0.1, 0.15) is 18.4 Å². The lowest BCUT2D eigenvalue weighted by atomic mass is 10.1. The van der Waals surface area contributed by atoms with Crippen LogP contribution >= 0.6 is 15.9 Å². The highest BCUT2D eigenvalue weighted by Gasteiger charge is 2.28. The highest BCUT2D eigenvalue weighted by molar-refractivity contribution is 9.09. The third-order valence-corrected chi connectivity index (χ3v) is 4.00. The van der Waals surface area contributed by atoms with Gasteiger partial charge in [-0.2, -0.15) is 0 Å². The van der Waals surface area contributed by atoms with Crippen LogP contribution in [-0.2, 0) is 11.2 Å². The number of carbonyl (C=O) groups is 1. The highest BCUT2D eigenvalue weighted by atomic mass is 79.9. The van der Waals surface area contributed by atoms with Gasteiger partial charge in [-0.05, 0) is 18.9 Å². The Balaban J connectivity index is 2.09. The van der Waals surface area contributed by atoms with E-state index in [4.69, 9.17) is 0 Å². The van der Waals surface area contributed by atoms with Crippen LogP contribution in [0, 0.1) is 11.6 Å². The Labute approximate surface area is 113 Å². The molecule has 0 spiro atoms. The molecule has 1 aliphatic heterocycles. The molecular weight excluding hydrogens is 304 g/mol. The van der Waals surface area contributed by atoms with Gasteiger partial charge in [-0.3, -0.25) is 4.79 Å². The van der Waals surface area contributed by atoms with Gasteiger partial charge in [0.2, 0.25) is 5.91 Å². The molecule has 1 heterocycles. The lowest BCUT2D eigenvalue weighted by Crippen LogP contribution is -2.37. The minimum atomic E-state index is -0.916. The van der Waals surface area contributed by atoms with Gasteiger partial charge in [0.15, 0.2) is 11.6 Å². The molecule has 0 saturated carbocycles. The number of nitrogens with zero attached hydrogens (tertiary/aromatic N) is 1. The predicted molar refractivity (Wildman–Crippen MR) is 68.6 cm³/mol. The first kappa shape index (κ1) is 13.5. The summed E-state index contributed by atoms with van der Waals surface area (Å²) in [6.45, 7) is 0.700. The second kappa shape index (κ2) is 5.78. The third-order valence-electron chi connectivity index (χ3n) is 3.25. The van der Waals surface area contributed by atoms with E-state index in [0.717, 1.165) is 24.2 Å². The maximum Gasteiger partial charge on any atom is 0.227 e. The summed E-state index contributed by atoms with van der Waals surface area (Å²) >= 11 is 3.37. The number of halogens is 3. The topological polar surface area (TPSA) is 20.3 Å². The molecule has 1 aliphatic rings. The molecule has 2 rings (SSSR count). The van der Waals surface area contributed by atoms with Crippen molar-refractivity contribution >= 4 is 21.8 Å². The van der Waals surface area contributed by atoms with Gasteiger partial charge in [-0.1, -0.05) is 28.1 Å². The molecule has 2 nitrogen and oxygen atoms in total. The van der Waals surface area contributed by atoms with Gasteiger partial charge in [0.05, 0.1) is 6.42 Å². The van der Waals surface area contributed by atoms with Crippen molar-refractivity contribution in [1.29, 1.82) is 0 Å². The van der Waals surface area contributed by atoms with Crippen LogP contribution in [0.3, 0.4) is 0 Å². The average Bonchev–Trinajstić information content (AvgIpc) is 2.83. The van der Waals surface area contributed by atoms with Crippen molar-refractivity contribution in [2.45, 2.75) is 25.3 Å². The zero-order valence-corrected chi connectivity index (χ0v) is 11.4. The van der Waals surface area contributed by atoms with Gasteiger partial charge >= 0.3 is 0 Å². The fourth-order valence-corrected chi connectivity index (χ4v) is 2.95. The second-order valence-electron chi connectivity index (χ2n) is 4.43. The first-order valence-electron chi connectivity index (χ1n) is 5.92. The molecule has 1 saturated heterocycles. The Morgan fingerprint density at radius 3 is 2.94 bits per heavy atom. The molecule has 0 aliphatic carbocycles. The first-order chi connectivity index (χ1) is 8.63. The van der Waals surface area contributed by atoms with Crippen LogP contribution in [0.4, 0.5) is 8.78 Å². The molecule has 1 atom stereocenters. The maximum absolute atomic E-state index is 13.5. The smallest absolute Gasteiger partial charge is 0.227 e. The normalized spacial score (nSPS) is 19.3. The molecule has 1 aromatic rings. The molecule has 0 radical (unpaired) electrons. The van der Waals surface area contributed by atoms with Crippen molar-refractivity contribution in [1.82, 2.24) is 4.90 Å². The Morgan fingerprint density at radius 2 is 2.22 bits per heavy atom. The van der Waals surface area contributed by atoms with Gasteiger partial charge < -0.3 is 4.90 Å². The van der Waals surface area contributed by atoms with E-state index in [1.807, 2.05) is 0 Å². The van der Waals surface area contributed by atoms with Gasteiger partial charge in [-0.25, -0.2) is 8.78 Å². The number of likely N-dealkylation sites (tertiary alicyclic amines) is 1. The lowest BCUT2D eigenvalue weighted by molar-refractivity contribution is -0.130. The van der Waals surface area contributed by atoms with E-state index in [2.05, 4.69) is 15.9 Å². The molecule has 18 heavy (non-hydrogen) atoms. The Morgan fingerprint density at radius 1 is 1.44 bits per heavy atom. The summed E-state index contributed by atoms with van der Waals surface area (Å²) in [7, 11) is 0. The summed E-state index contributed by atoms with van der Waals surface area (Å²) < 4.78 is 26.5. The molecular formula is C13H14BrF2NO. The Kier molecular flexibility index (Phi) is 4.32. The monoisotopic (exact) mass is 317 g/mol. The van der Waals surface area contributed by atoms with Crippen molar-refractivity contribution in [3.8, 4) is 0 Å². The summed E-state index contributed by atoms with van der Waals surface area (Å²) in [6, 6.07) is 4.11. The molecule has 98 valence electrons. The fraction of sp³-hybridized carbons (Fsp3) is 0.462. The van der Waals surface area contributed by atoms with Crippen LogP contribution in [0.15, 0.2) is 18.2 Å². The summed E-state index contributed by atoms with van der Waals surface area (Å²) in [5, 5.41) is 0.727. The van der Waals surface area contributed by atoms with Crippen molar-refractivity contribution in [2.24, 2.45) is 0 Å². The van der Waals surface area contributed by atoms with Crippen LogP contribution in [-0.4, -0.2) is 28.7 Å². The summed E-state index contributed by atoms with van der Waals surface area (Å²) in [5.74, 6) is -1.96. The minimum absolute atomic E-state index is 0.0763. The third kappa shape index (κ3) is 2.71. The van der Waals surface area contributed by atoms with Crippen LogP contribution < -0.4 is 0 Å². The van der Waals surface area contributed by atoms with Gasteiger partial charge in [0.25, 0.3) is 0 Å². The van der Waals surface area contributed by atoms with Crippen molar-refractivity contribution in [3.63, 3.8) is 0 Å². The maximum atomic E-state index is 13.5. The standard InChI is InChI=1S/C13H14BrF2NO/c14-8-10-4-2-6-17(10)12(18)7-9-3-1-5-11(15)13(9)16/h1,3,5,10H,2,4,6-8H2. The quantitative estimate of drug-likeness (QED) is 0.785. The molecule has 1 unspecified atom stereocenters. The highest BCUT2D eigenvalue weighted by Crippen LogP contribution is 2.21. The van der Waals surface area contributed by atoms with Crippen LogP contribution in [0.5, 0.6) is 0 Å². The van der Waals surface area contributed by atoms with E-state index < -0.39 is 11.6 Å². The zero-order valence-electron chi connectivity index (χ0n) is 9.83. The van der Waals surface area contributed by atoms with Crippen molar-refractivity contribution in [2.75, 3.05) is 11.9 Å². The molecule has 0 N–H and O–H groups in total. The Bertz CT molecular complexity index is 453. The Hall–Kier alpha value is -0.970. The van der Waals surface area contributed by atoms with E-state index in [9.17, 15) is 13.6 Å². The number of carbonyl (C=O) groups excluding carboxylic acids is 1. The van der Waals surface area contributed by atoms with Gasteiger partial charge in [0.1, 0.15) is 0 Å². The first-order valence-corrected chi connectivity index (χ1v) is 7.04. The molecule has 1 fully saturated rings. The van der Waals surface area contributed by atoms with E-state index in [0.29, 0.717) is 6.54 Å². The predicted octanol–water partition coefficient (Wildman–Crippen LogP) is 2.89. The summed E-state index contributed by atoms with van der Waals surface area (Å²) in [5.41, 5.74) is 0.125. The lowest BCUT2D eigenvalue weighted by Gasteiger charge is -2.23. The molecule has 5 heteroatoms. The van der Waals surface area contributed by atoms with Crippen molar-refractivity contribution in [3.05, 3.63) is 35.4 Å². The van der Waals surface area contributed by atoms with E-state index in [-0.39, 0.29) is 23.9 Å². The summed E-state index contributed by atoms with van der Waals surface area (Å²) in [6.07, 6.45) is 1.85. The molecule has 1 amide bonds. The number of amides is 1. The largest absolute Gasteiger partial charge is 0.339 e. The van der Waals surface area contributed by atoms with E-state index in [1.54, 1.807) is 4.90 Å². The van der Waals surface area contributed by atoms with Crippen LogP contribution in [0.2, 0.25) is 0 Å². The fourth-order valence-electron chi connectivity index (χ4n) is 2.27. The summed E-state index contributed by atoms with van der Waals surface area (Å²) in [4.78, 5) is 13.8. The van der Waals surface area contributed by atoms with Gasteiger partial charge in [0, 0.05) is 23.5 Å². The minimum Gasteiger partial charge on any atom is -0.339 e.